The van der Waals surface area contributed by atoms with Crippen molar-refractivity contribution in [3.05, 3.63) is 42.4 Å². The van der Waals surface area contributed by atoms with Crippen molar-refractivity contribution >= 4 is 11.6 Å². The summed E-state index contributed by atoms with van der Waals surface area (Å²) in [5, 5.41) is 19.4. The summed E-state index contributed by atoms with van der Waals surface area (Å²) in [7, 11) is 0. The molecule has 0 radical (unpaired) electrons. The highest BCUT2D eigenvalue weighted by Gasteiger charge is 2.12. The van der Waals surface area contributed by atoms with Gasteiger partial charge in [0, 0.05) is 30.8 Å². The average molecular weight is 381 g/mol. The van der Waals surface area contributed by atoms with Crippen LogP contribution in [-0.4, -0.2) is 35.9 Å². The fourth-order valence-electron chi connectivity index (χ4n) is 2.92. The summed E-state index contributed by atoms with van der Waals surface area (Å²) >= 11 is 0. The SMILES string of the molecule is Cc1cn(CCCCCC(=O)Nc2ccccc2-c2cn(C(C)C)nn2)nn1. The van der Waals surface area contributed by atoms with Crippen LogP contribution in [0.25, 0.3) is 11.3 Å². The summed E-state index contributed by atoms with van der Waals surface area (Å²) in [6.45, 7) is 6.86. The summed E-state index contributed by atoms with van der Waals surface area (Å²) < 4.78 is 3.65. The van der Waals surface area contributed by atoms with Gasteiger partial charge in [-0.05, 0) is 39.7 Å². The van der Waals surface area contributed by atoms with E-state index in [0.717, 1.165) is 48.4 Å². The topological polar surface area (TPSA) is 90.5 Å². The molecule has 0 atom stereocenters. The van der Waals surface area contributed by atoms with Crippen LogP contribution in [-0.2, 0) is 11.3 Å². The van der Waals surface area contributed by atoms with Gasteiger partial charge in [-0.3, -0.25) is 9.48 Å². The highest BCUT2D eigenvalue weighted by atomic mass is 16.1. The molecule has 3 aromatic rings. The highest BCUT2D eigenvalue weighted by molar-refractivity contribution is 5.94. The molecule has 3 rings (SSSR count). The summed E-state index contributed by atoms with van der Waals surface area (Å²) in [5.41, 5.74) is 3.32. The molecule has 0 unspecified atom stereocenters. The molecule has 0 fully saturated rings. The predicted molar refractivity (Wildman–Crippen MR) is 108 cm³/mol. The number of rotatable bonds is 9. The molecule has 2 heterocycles. The number of unbranched alkanes of at least 4 members (excludes halogenated alkanes) is 2. The maximum Gasteiger partial charge on any atom is 0.224 e. The van der Waals surface area contributed by atoms with Crippen LogP contribution in [0, 0.1) is 6.92 Å². The smallest absolute Gasteiger partial charge is 0.224 e. The molecule has 0 spiro atoms. The lowest BCUT2D eigenvalue weighted by Gasteiger charge is -2.09. The Balaban J connectivity index is 1.50. The molecule has 1 amide bonds. The molecule has 0 aliphatic heterocycles. The largest absolute Gasteiger partial charge is 0.325 e. The van der Waals surface area contributed by atoms with Gasteiger partial charge >= 0.3 is 0 Å². The molecule has 1 N–H and O–H groups in total. The maximum absolute atomic E-state index is 12.4. The number of benzene rings is 1. The zero-order valence-corrected chi connectivity index (χ0v) is 16.7. The van der Waals surface area contributed by atoms with E-state index in [0.29, 0.717) is 6.42 Å². The first-order valence-corrected chi connectivity index (χ1v) is 9.71. The Morgan fingerprint density at radius 3 is 2.61 bits per heavy atom. The van der Waals surface area contributed by atoms with Crippen LogP contribution in [0.5, 0.6) is 0 Å². The third-order valence-electron chi connectivity index (χ3n) is 4.46. The number of carbonyl (C=O) groups excluding carboxylic acids is 1. The van der Waals surface area contributed by atoms with Crippen molar-refractivity contribution in [2.24, 2.45) is 0 Å². The molecular formula is C20H27N7O. The average Bonchev–Trinajstić information content (AvgIpc) is 3.31. The summed E-state index contributed by atoms with van der Waals surface area (Å²) in [5.74, 6) is 0.0142. The number of aromatic nitrogens is 6. The Morgan fingerprint density at radius 1 is 1.07 bits per heavy atom. The van der Waals surface area contributed by atoms with E-state index in [4.69, 9.17) is 0 Å². The lowest BCUT2D eigenvalue weighted by atomic mass is 10.1. The Hall–Kier alpha value is -3.03. The number of nitrogens with one attached hydrogen (secondary N) is 1. The molecule has 148 valence electrons. The van der Waals surface area contributed by atoms with Crippen LogP contribution in [0.3, 0.4) is 0 Å². The molecule has 0 saturated carbocycles. The Labute approximate surface area is 164 Å². The minimum atomic E-state index is 0.0142. The van der Waals surface area contributed by atoms with Gasteiger partial charge in [-0.25, -0.2) is 4.68 Å². The van der Waals surface area contributed by atoms with Gasteiger partial charge in [0.15, 0.2) is 0 Å². The van der Waals surface area contributed by atoms with Crippen LogP contribution >= 0.6 is 0 Å². The van der Waals surface area contributed by atoms with E-state index in [1.54, 1.807) is 0 Å². The second-order valence-electron chi connectivity index (χ2n) is 7.20. The molecule has 2 aromatic heterocycles. The van der Waals surface area contributed by atoms with E-state index in [1.165, 1.54) is 0 Å². The van der Waals surface area contributed by atoms with Gasteiger partial charge < -0.3 is 5.32 Å². The molecule has 0 bridgehead atoms. The van der Waals surface area contributed by atoms with E-state index in [9.17, 15) is 4.79 Å². The maximum atomic E-state index is 12.4. The van der Waals surface area contributed by atoms with Crippen molar-refractivity contribution in [1.82, 2.24) is 30.0 Å². The van der Waals surface area contributed by atoms with Crippen molar-refractivity contribution < 1.29 is 4.79 Å². The zero-order valence-electron chi connectivity index (χ0n) is 16.7. The minimum absolute atomic E-state index is 0.0142. The lowest BCUT2D eigenvalue weighted by molar-refractivity contribution is -0.116. The number of aryl methyl sites for hydroxylation is 2. The van der Waals surface area contributed by atoms with Crippen molar-refractivity contribution in [2.75, 3.05) is 5.32 Å². The van der Waals surface area contributed by atoms with Gasteiger partial charge in [-0.2, -0.15) is 0 Å². The van der Waals surface area contributed by atoms with Crippen LogP contribution in [0.15, 0.2) is 36.7 Å². The molecule has 1 aromatic carbocycles. The third-order valence-corrected chi connectivity index (χ3v) is 4.46. The lowest BCUT2D eigenvalue weighted by Crippen LogP contribution is -2.12. The highest BCUT2D eigenvalue weighted by Crippen LogP contribution is 2.26. The van der Waals surface area contributed by atoms with E-state index in [-0.39, 0.29) is 11.9 Å². The fraction of sp³-hybridized carbons (Fsp3) is 0.450. The Bertz CT molecular complexity index is 913. The first-order chi connectivity index (χ1) is 13.5. The molecule has 0 aliphatic carbocycles. The Morgan fingerprint density at radius 2 is 1.89 bits per heavy atom. The second kappa shape index (κ2) is 9.25. The van der Waals surface area contributed by atoms with Crippen LogP contribution in [0.2, 0.25) is 0 Å². The standard InChI is InChI=1S/C20H27N7O/c1-15(2)27-14-19(23-25-27)17-9-6-7-10-18(17)21-20(28)11-5-4-8-12-26-13-16(3)22-24-26/h6-7,9-10,13-15H,4-5,8,11-12H2,1-3H3,(H,21,28). The minimum Gasteiger partial charge on any atom is -0.325 e. The molecule has 28 heavy (non-hydrogen) atoms. The van der Waals surface area contributed by atoms with Crippen molar-refractivity contribution in [2.45, 2.75) is 59.0 Å². The molecule has 0 saturated heterocycles. The molecule has 8 heteroatoms. The normalized spacial score (nSPS) is 11.1. The summed E-state index contributed by atoms with van der Waals surface area (Å²) in [6.07, 6.45) is 7.11. The van der Waals surface area contributed by atoms with E-state index in [1.807, 2.05) is 52.9 Å². The number of carbonyl (C=O) groups is 1. The monoisotopic (exact) mass is 381 g/mol. The quantitative estimate of drug-likeness (QED) is 0.572. The third kappa shape index (κ3) is 5.25. The number of nitrogens with zero attached hydrogens (tertiary/aromatic N) is 6. The van der Waals surface area contributed by atoms with Gasteiger partial charge in [0.05, 0.1) is 17.6 Å². The van der Waals surface area contributed by atoms with Crippen molar-refractivity contribution in [3.63, 3.8) is 0 Å². The van der Waals surface area contributed by atoms with Gasteiger partial charge in [0.2, 0.25) is 5.91 Å². The number of para-hydroxylation sites is 1. The summed E-state index contributed by atoms with van der Waals surface area (Å²) in [6, 6.07) is 7.93. The van der Waals surface area contributed by atoms with Crippen LogP contribution < -0.4 is 5.32 Å². The molecular weight excluding hydrogens is 354 g/mol. The zero-order chi connectivity index (χ0) is 19.9. The summed E-state index contributed by atoms with van der Waals surface area (Å²) in [4.78, 5) is 12.4. The van der Waals surface area contributed by atoms with Crippen LogP contribution in [0.1, 0.15) is 51.3 Å². The first-order valence-electron chi connectivity index (χ1n) is 9.71. The number of hydrogen-bond acceptors (Lipinski definition) is 5. The van der Waals surface area contributed by atoms with E-state index < -0.39 is 0 Å². The number of amides is 1. The van der Waals surface area contributed by atoms with Gasteiger partial charge in [-0.1, -0.05) is 35.0 Å². The fourth-order valence-corrected chi connectivity index (χ4v) is 2.92. The van der Waals surface area contributed by atoms with Crippen molar-refractivity contribution in [3.8, 4) is 11.3 Å². The van der Waals surface area contributed by atoms with Gasteiger partial charge in [0.25, 0.3) is 0 Å². The Kier molecular flexibility index (Phi) is 6.52. The molecule has 8 nitrogen and oxygen atoms in total. The van der Waals surface area contributed by atoms with Gasteiger partial charge in [-0.15, -0.1) is 10.2 Å². The number of anilines is 1. The number of hydrogen-bond donors (Lipinski definition) is 1. The van der Waals surface area contributed by atoms with Crippen molar-refractivity contribution in [1.29, 1.82) is 0 Å². The van der Waals surface area contributed by atoms with Crippen LogP contribution in [0.4, 0.5) is 5.69 Å². The molecule has 0 aliphatic rings. The van der Waals surface area contributed by atoms with Gasteiger partial charge in [0.1, 0.15) is 5.69 Å². The van der Waals surface area contributed by atoms with E-state index >= 15 is 0 Å². The second-order valence-corrected chi connectivity index (χ2v) is 7.20. The van der Waals surface area contributed by atoms with E-state index in [2.05, 4.69) is 39.8 Å². The predicted octanol–water partition coefficient (Wildman–Crippen LogP) is 3.63. The first kappa shape index (κ1) is 19.7.